The summed E-state index contributed by atoms with van der Waals surface area (Å²) in [4.78, 5) is 53.7. The third-order valence-electron chi connectivity index (χ3n) is 4.84. The number of fused-ring (bicyclic) bond motifs is 1. The number of hydrogen-bond donors (Lipinski definition) is 0. The van der Waals surface area contributed by atoms with Crippen molar-refractivity contribution in [3.63, 3.8) is 0 Å². The number of hydrogen-bond acceptors (Lipinski definition) is 5. The van der Waals surface area contributed by atoms with E-state index >= 15 is 0 Å². The lowest BCUT2D eigenvalue weighted by Crippen LogP contribution is -2.34. The molecular weight excluding hydrogens is 388 g/mol. The van der Waals surface area contributed by atoms with E-state index < -0.39 is 11.1 Å². The molecule has 29 heavy (non-hydrogen) atoms. The number of para-hydroxylation sites is 1. The van der Waals surface area contributed by atoms with E-state index in [9.17, 15) is 19.2 Å². The Hall–Kier alpha value is -3.19. The van der Waals surface area contributed by atoms with Gasteiger partial charge in [0.2, 0.25) is 0 Å². The minimum atomic E-state index is -0.596. The summed E-state index contributed by atoms with van der Waals surface area (Å²) in [6.07, 6.45) is 0.764. The highest BCUT2D eigenvalue weighted by molar-refractivity contribution is 8.18. The molecule has 1 saturated heterocycles. The smallest absolute Gasteiger partial charge is 0.294 e. The lowest BCUT2D eigenvalue weighted by atomic mass is 10.1. The molecule has 1 fully saturated rings. The van der Waals surface area contributed by atoms with Crippen LogP contribution in [0.5, 0.6) is 0 Å². The van der Waals surface area contributed by atoms with Gasteiger partial charge in [0.1, 0.15) is 0 Å². The number of Topliss-reactive ketones (excluding diaryl/α,β-unsaturated/α-hetero) is 1. The van der Waals surface area contributed by atoms with Crippen LogP contribution in [0, 0.1) is 0 Å². The number of benzene rings is 2. The fourth-order valence-corrected chi connectivity index (χ4v) is 4.42. The van der Waals surface area contributed by atoms with Crippen molar-refractivity contribution in [3.8, 4) is 0 Å². The summed E-state index contributed by atoms with van der Waals surface area (Å²) < 4.78 is 0. The van der Waals surface area contributed by atoms with Crippen LogP contribution in [0.4, 0.5) is 10.5 Å². The van der Waals surface area contributed by atoms with Gasteiger partial charge in [-0.1, -0.05) is 55.5 Å². The average molecular weight is 406 g/mol. The molecular formula is C22H18N2O4S. The Morgan fingerprint density at radius 3 is 2.31 bits per heavy atom. The van der Waals surface area contributed by atoms with Gasteiger partial charge in [0.05, 0.1) is 22.7 Å². The van der Waals surface area contributed by atoms with E-state index in [1.807, 2.05) is 19.1 Å². The van der Waals surface area contributed by atoms with Gasteiger partial charge in [0, 0.05) is 17.7 Å². The number of ketones is 1. The lowest BCUT2D eigenvalue weighted by molar-refractivity contribution is -0.122. The van der Waals surface area contributed by atoms with Crippen LogP contribution in [0.15, 0.2) is 59.5 Å². The highest BCUT2D eigenvalue weighted by atomic mass is 32.2. The predicted octanol–water partition coefficient (Wildman–Crippen LogP) is 3.73. The van der Waals surface area contributed by atoms with Crippen LogP contribution in [0.2, 0.25) is 0 Å². The number of amides is 3. The summed E-state index contributed by atoms with van der Waals surface area (Å²) in [6.45, 7) is 2.15. The van der Waals surface area contributed by atoms with Crippen LogP contribution in [0.25, 0.3) is 5.57 Å². The third-order valence-corrected chi connectivity index (χ3v) is 5.82. The first kappa shape index (κ1) is 19.1. The van der Waals surface area contributed by atoms with Gasteiger partial charge in [-0.3, -0.25) is 24.1 Å². The molecule has 0 spiro atoms. The van der Waals surface area contributed by atoms with Crippen molar-refractivity contribution in [1.29, 1.82) is 0 Å². The zero-order valence-corrected chi connectivity index (χ0v) is 16.6. The molecule has 6 nitrogen and oxygen atoms in total. The number of carbonyl (C=O) groups excluding carboxylic acids is 4. The highest BCUT2D eigenvalue weighted by Crippen LogP contribution is 2.44. The number of nitrogens with zero attached hydrogens (tertiary/aromatic N) is 2. The second kappa shape index (κ2) is 7.67. The molecule has 2 aliphatic heterocycles. The quantitative estimate of drug-likeness (QED) is 0.559. The van der Waals surface area contributed by atoms with E-state index in [1.54, 1.807) is 47.4 Å². The summed E-state index contributed by atoms with van der Waals surface area (Å²) in [5.74, 6) is -1.21. The molecule has 146 valence electrons. The summed E-state index contributed by atoms with van der Waals surface area (Å²) >= 11 is 0.721. The van der Waals surface area contributed by atoms with E-state index in [0.29, 0.717) is 17.7 Å². The van der Waals surface area contributed by atoms with Gasteiger partial charge in [-0.25, -0.2) is 0 Å². The second-order valence-electron chi connectivity index (χ2n) is 6.73. The van der Waals surface area contributed by atoms with Crippen molar-refractivity contribution in [2.24, 2.45) is 0 Å². The van der Waals surface area contributed by atoms with Crippen molar-refractivity contribution in [1.82, 2.24) is 4.90 Å². The Morgan fingerprint density at radius 1 is 0.897 bits per heavy atom. The molecule has 0 aliphatic carbocycles. The molecule has 2 aliphatic rings. The summed E-state index contributed by atoms with van der Waals surface area (Å²) in [5.41, 5.74) is 2.05. The Morgan fingerprint density at radius 2 is 1.59 bits per heavy atom. The molecule has 0 atom stereocenters. The minimum absolute atomic E-state index is 0.0897. The van der Waals surface area contributed by atoms with Crippen molar-refractivity contribution < 1.29 is 19.2 Å². The number of thioether (sulfide) groups is 1. The largest absolute Gasteiger partial charge is 0.308 e. The van der Waals surface area contributed by atoms with Crippen LogP contribution in [-0.2, 0) is 9.59 Å². The monoisotopic (exact) mass is 406 g/mol. The van der Waals surface area contributed by atoms with Crippen molar-refractivity contribution in [3.05, 3.63) is 70.6 Å². The van der Waals surface area contributed by atoms with Gasteiger partial charge >= 0.3 is 0 Å². The molecule has 0 N–H and O–H groups in total. The zero-order chi connectivity index (χ0) is 20.5. The maximum Gasteiger partial charge on any atom is 0.294 e. The van der Waals surface area contributed by atoms with Crippen LogP contribution >= 0.6 is 11.8 Å². The molecule has 2 aromatic carbocycles. The first-order valence-electron chi connectivity index (χ1n) is 9.30. The van der Waals surface area contributed by atoms with Crippen LogP contribution in [-0.4, -0.2) is 40.8 Å². The van der Waals surface area contributed by atoms with Crippen molar-refractivity contribution >= 4 is 45.9 Å². The fourth-order valence-electron chi connectivity index (χ4n) is 3.49. The maximum atomic E-state index is 13.0. The van der Waals surface area contributed by atoms with Gasteiger partial charge in [-0.2, -0.15) is 0 Å². The molecule has 0 bridgehead atoms. The number of carbonyl (C=O) groups is 4. The fraction of sp³-hybridized carbons (Fsp3) is 0.182. The normalized spacial score (nSPS) is 18.6. The highest BCUT2D eigenvalue weighted by Gasteiger charge is 2.43. The summed E-state index contributed by atoms with van der Waals surface area (Å²) in [6, 6.07) is 15.7. The van der Waals surface area contributed by atoms with Gasteiger partial charge in [0.15, 0.2) is 5.78 Å². The van der Waals surface area contributed by atoms with Crippen molar-refractivity contribution in [2.75, 3.05) is 18.0 Å². The van der Waals surface area contributed by atoms with Crippen LogP contribution in [0.1, 0.15) is 29.3 Å². The first-order valence-corrected chi connectivity index (χ1v) is 10.1. The molecule has 7 heteroatoms. The van der Waals surface area contributed by atoms with Gasteiger partial charge in [-0.05, 0) is 24.2 Å². The molecule has 4 rings (SSSR count). The SMILES string of the molecule is CCCN1C(=O)/C(=C2/SC(=O)N(CC(=O)c3ccccc3)C2=O)c2ccccc21. The third kappa shape index (κ3) is 3.27. The Bertz CT molecular complexity index is 1060. The molecule has 3 amide bonds. The molecule has 0 aromatic heterocycles. The molecule has 0 saturated carbocycles. The van der Waals surface area contributed by atoms with Crippen LogP contribution < -0.4 is 4.90 Å². The van der Waals surface area contributed by atoms with E-state index in [1.165, 1.54) is 0 Å². The number of imide groups is 1. The molecule has 2 heterocycles. The average Bonchev–Trinajstić information content (AvgIpc) is 3.17. The van der Waals surface area contributed by atoms with Gasteiger partial charge in [0.25, 0.3) is 17.1 Å². The Kier molecular flexibility index (Phi) is 5.07. The summed E-state index contributed by atoms with van der Waals surface area (Å²) in [7, 11) is 0. The van der Waals surface area contributed by atoms with Gasteiger partial charge < -0.3 is 4.90 Å². The zero-order valence-electron chi connectivity index (χ0n) is 15.8. The Balaban J connectivity index is 1.69. The van der Waals surface area contributed by atoms with E-state index in [4.69, 9.17) is 0 Å². The molecule has 2 aromatic rings. The topological polar surface area (TPSA) is 74.8 Å². The number of rotatable bonds is 5. The predicted molar refractivity (Wildman–Crippen MR) is 111 cm³/mol. The molecule has 0 radical (unpaired) electrons. The maximum absolute atomic E-state index is 13.0. The standard InChI is InChI=1S/C22H18N2O4S/c1-2-12-23-16-11-7-6-10-15(16)18(20(23)26)19-21(27)24(22(28)29-19)13-17(25)14-8-4-3-5-9-14/h3-11H,2,12-13H2,1H3/b19-18+. The Labute approximate surface area is 172 Å². The van der Waals surface area contributed by atoms with E-state index in [-0.39, 0.29) is 28.7 Å². The summed E-state index contributed by atoms with van der Waals surface area (Å²) in [5, 5.41) is -0.541. The van der Waals surface area contributed by atoms with Crippen LogP contribution in [0.3, 0.4) is 0 Å². The van der Waals surface area contributed by atoms with E-state index in [2.05, 4.69) is 0 Å². The lowest BCUT2D eigenvalue weighted by Gasteiger charge is -2.15. The van der Waals surface area contributed by atoms with Gasteiger partial charge in [-0.15, -0.1) is 0 Å². The second-order valence-corrected chi connectivity index (χ2v) is 7.69. The number of anilines is 1. The van der Waals surface area contributed by atoms with Crippen molar-refractivity contribution in [2.45, 2.75) is 13.3 Å². The molecule has 0 unspecified atom stereocenters. The minimum Gasteiger partial charge on any atom is -0.308 e. The van der Waals surface area contributed by atoms with E-state index in [0.717, 1.165) is 28.8 Å². The first-order chi connectivity index (χ1) is 14.0.